The van der Waals surface area contributed by atoms with Gasteiger partial charge < -0.3 is 60.7 Å². The highest BCUT2D eigenvalue weighted by atomic mass is 16.4. The van der Waals surface area contributed by atoms with Crippen LogP contribution in [0.5, 0.6) is 0 Å². The van der Waals surface area contributed by atoms with Crippen LogP contribution in [-0.4, -0.2) is 125 Å². The monoisotopic (exact) mass is 406 g/mol. The van der Waals surface area contributed by atoms with Gasteiger partial charge in [-0.1, -0.05) is 11.8 Å². The fourth-order valence-corrected chi connectivity index (χ4v) is 1.73. The first-order valence-corrected chi connectivity index (χ1v) is 7.71. The van der Waals surface area contributed by atoms with Crippen molar-refractivity contribution in [1.29, 1.82) is 0 Å². The predicted molar refractivity (Wildman–Crippen MR) is 87.7 cm³/mol. The summed E-state index contributed by atoms with van der Waals surface area (Å²) < 4.78 is 0. The molecule has 10 atom stereocenters. The van der Waals surface area contributed by atoms with Crippen molar-refractivity contribution in [1.82, 2.24) is 0 Å². The molecule has 0 spiro atoms. The van der Waals surface area contributed by atoms with Gasteiger partial charge in [0, 0.05) is 0 Å². The molecule has 0 aromatic heterocycles. The first-order chi connectivity index (χ1) is 13.0. The molecular formula is C16H22O12. The maximum Gasteiger partial charge on any atom is 0.151 e. The van der Waals surface area contributed by atoms with Crippen LogP contribution in [0.3, 0.4) is 0 Å². The number of rotatable bonds is 10. The van der Waals surface area contributed by atoms with E-state index in [0.29, 0.717) is 0 Å². The van der Waals surface area contributed by atoms with Crippen molar-refractivity contribution < 1.29 is 60.7 Å². The van der Waals surface area contributed by atoms with Gasteiger partial charge in [-0.3, -0.25) is 0 Å². The summed E-state index contributed by atoms with van der Waals surface area (Å²) in [5, 5.41) is 94.0. The molecule has 12 heteroatoms. The Bertz CT molecular complexity index is 563. The molecule has 0 saturated carbocycles. The molecule has 0 amide bonds. The minimum absolute atomic E-state index is 0.101. The Hall–Kier alpha value is -1.94. The van der Waals surface area contributed by atoms with Crippen LogP contribution in [-0.2, 0) is 9.59 Å². The number of aliphatic hydroxyl groups is 10. The van der Waals surface area contributed by atoms with Gasteiger partial charge in [0.1, 0.15) is 61.0 Å². The molecule has 0 saturated heterocycles. The number of aliphatic hydroxyl groups excluding tert-OH is 10. The maximum absolute atomic E-state index is 10.3. The first-order valence-electron chi connectivity index (χ1n) is 7.71. The molecule has 0 unspecified atom stereocenters. The molecule has 0 fully saturated rings. The molecule has 0 bridgehead atoms. The molecule has 0 radical (unpaired) electrons. The summed E-state index contributed by atoms with van der Waals surface area (Å²) in [6, 6.07) is 0. The summed E-state index contributed by atoms with van der Waals surface area (Å²) in [6.45, 7) is 0. The Kier molecular flexibility index (Phi) is 11.6. The van der Waals surface area contributed by atoms with Crippen molar-refractivity contribution in [3.63, 3.8) is 0 Å². The SMILES string of the molecule is O=C[C@@H](O)[C@H](O)[C@H](O)[C@H](O)[C@H](O)C#CC#C[C@H](O)[C@H](O)[C@H](O)[C@H](O)[C@H](O)C=O. The lowest BCUT2D eigenvalue weighted by Gasteiger charge is -2.25. The largest absolute Gasteiger partial charge is 0.387 e. The highest BCUT2D eigenvalue weighted by molar-refractivity contribution is 5.57. The lowest BCUT2D eigenvalue weighted by Crippen LogP contribution is -2.49. The third-order valence-corrected chi connectivity index (χ3v) is 3.53. The second-order valence-corrected chi connectivity index (χ2v) is 5.63. The van der Waals surface area contributed by atoms with Crippen LogP contribution in [0.4, 0.5) is 0 Å². The number of hydrogen-bond donors (Lipinski definition) is 10. The quantitative estimate of drug-likeness (QED) is 0.120. The summed E-state index contributed by atoms with van der Waals surface area (Å²) in [6.07, 6.45) is -20.9. The standard InChI is InChI=1S/C16H22O12/c17-5-9(21)13(25)15(27)11(23)7(19)3-1-2-4-8(20)12(24)16(28)14(26)10(22)6-18/h5-16,19-28H/t7-,8+,9-,10-,11-,12+,13+,14-,15-,16+/m1/s1. The van der Waals surface area contributed by atoms with E-state index in [1.165, 1.54) is 0 Å². The fraction of sp³-hybridized carbons (Fsp3) is 0.625. The van der Waals surface area contributed by atoms with Gasteiger partial charge in [0.15, 0.2) is 12.6 Å². The molecule has 0 aliphatic heterocycles. The van der Waals surface area contributed by atoms with Crippen molar-refractivity contribution in [2.24, 2.45) is 0 Å². The van der Waals surface area contributed by atoms with E-state index in [9.17, 15) is 50.4 Å². The molecule has 0 aromatic rings. The van der Waals surface area contributed by atoms with Crippen LogP contribution in [0, 0.1) is 23.7 Å². The topological polar surface area (TPSA) is 236 Å². The van der Waals surface area contributed by atoms with E-state index in [4.69, 9.17) is 10.2 Å². The van der Waals surface area contributed by atoms with Crippen LogP contribution >= 0.6 is 0 Å². The van der Waals surface area contributed by atoms with Gasteiger partial charge in [-0.2, -0.15) is 0 Å². The van der Waals surface area contributed by atoms with Crippen molar-refractivity contribution in [2.45, 2.75) is 61.0 Å². The van der Waals surface area contributed by atoms with E-state index >= 15 is 0 Å². The molecule has 0 aliphatic carbocycles. The van der Waals surface area contributed by atoms with E-state index in [1.54, 1.807) is 0 Å². The second kappa shape index (κ2) is 12.5. The Morgan fingerprint density at radius 3 is 1.00 bits per heavy atom. The highest BCUT2D eigenvalue weighted by Crippen LogP contribution is 2.08. The van der Waals surface area contributed by atoms with Gasteiger partial charge in [-0.25, -0.2) is 0 Å². The smallest absolute Gasteiger partial charge is 0.151 e. The maximum atomic E-state index is 10.3. The van der Waals surface area contributed by atoms with Gasteiger partial charge in [0.2, 0.25) is 0 Å². The third kappa shape index (κ3) is 7.59. The zero-order chi connectivity index (χ0) is 22.0. The van der Waals surface area contributed by atoms with Crippen molar-refractivity contribution in [3.05, 3.63) is 0 Å². The molecule has 0 heterocycles. The van der Waals surface area contributed by atoms with Crippen molar-refractivity contribution in [3.8, 4) is 23.7 Å². The summed E-state index contributed by atoms with van der Waals surface area (Å²) in [5.41, 5.74) is 0. The van der Waals surface area contributed by atoms with E-state index in [-0.39, 0.29) is 12.6 Å². The van der Waals surface area contributed by atoms with Crippen LogP contribution in [0.1, 0.15) is 0 Å². The molecule has 0 aromatic carbocycles. The lowest BCUT2D eigenvalue weighted by molar-refractivity contribution is -0.140. The summed E-state index contributed by atoms with van der Waals surface area (Å²) >= 11 is 0. The zero-order valence-electron chi connectivity index (χ0n) is 14.2. The molecule has 158 valence electrons. The van der Waals surface area contributed by atoms with Gasteiger partial charge in [0.05, 0.1) is 0 Å². The van der Waals surface area contributed by atoms with Gasteiger partial charge in [-0.05, 0) is 11.8 Å². The predicted octanol–water partition coefficient (Wildman–Crippen LogP) is -7.00. The summed E-state index contributed by atoms with van der Waals surface area (Å²) in [7, 11) is 0. The average molecular weight is 406 g/mol. The Labute approximate surface area is 158 Å². The molecule has 0 aliphatic rings. The number of hydrogen-bond acceptors (Lipinski definition) is 12. The molecule has 12 nitrogen and oxygen atoms in total. The Morgan fingerprint density at radius 1 is 0.464 bits per heavy atom. The average Bonchev–Trinajstić information content (AvgIpc) is 2.71. The highest BCUT2D eigenvalue weighted by Gasteiger charge is 2.34. The van der Waals surface area contributed by atoms with E-state index in [2.05, 4.69) is 0 Å². The van der Waals surface area contributed by atoms with E-state index in [1.807, 2.05) is 23.7 Å². The van der Waals surface area contributed by atoms with E-state index in [0.717, 1.165) is 0 Å². The summed E-state index contributed by atoms with van der Waals surface area (Å²) in [4.78, 5) is 20.6. The molecule has 10 N–H and O–H groups in total. The zero-order valence-corrected chi connectivity index (χ0v) is 14.2. The normalized spacial score (nSPS) is 21.6. The van der Waals surface area contributed by atoms with E-state index < -0.39 is 61.0 Å². The van der Waals surface area contributed by atoms with Crippen LogP contribution in [0.25, 0.3) is 0 Å². The van der Waals surface area contributed by atoms with Gasteiger partial charge >= 0.3 is 0 Å². The molecule has 28 heavy (non-hydrogen) atoms. The summed E-state index contributed by atoms with van der Waals surface area (Å²) in [5.74, 6) is 7.65. The first kappa shape index (κ1) is 26.1. The number of carbonyl (C=O) groups is 2. The third-order valence-electron chi connectivity index (χ3n) is 3.53. The van der Waals surface area contributed by atoms with Crippen LogP contribution < -0.4 is 0 Å². The molecular weight excluding hydrogens is 384 g/mol. The van der Waals surface area contributed by atoms with Gasteiger partial charge in [0.25, 0.3) is 0 Å². The van der Waals surface area contributed by atoms with Gasteiger partial charge in [-0.15, -0.1) is 0 Å². The number of aldehydes is 2. The van der Waals surface area contributed by atoms with Crippen molar-refractivity contribution >= 4 is 12.6 Å². The Balaban J connectivity index is 4.91. The fourth-order valence-electron chi connectivity index (χ4n) is 1.73. The van der Waals surface area contributed by atoms with Crippen molar-refractivity contribution in [2.75, 3.05) is 0 Å². The van der Waals surface area contributed by atoms with Crippen LogP contribution in [0.2, 0.25) is 0 Å². The minimum atomic E-state index is -2.13. The second-order valence-electron chi connectivity index (χ2n) is 5.63. The number of carbonyl (C=O) groups excluding carboxylic acids is 2. The lowest BCUT2D eigenvalue weighted by atomic mass is 9.99. The Morgan fingerprint density at radius 2 is 0.750 bits per heavy atom. The molecule has 0 rings (SSSR count). The minimum Gasteiger partial charge on any atom is -0.387 e. The van der Waals surface area contributed by atoms with Crippen LogP contribution in [0.15, 0.2) is 0 Å².